The molecule has 1 aromatic carbocycles. The molecule has 1 N–H and O–H groups in total. The van der Waals surface area contributed by atoms with E-state index < -0.39 is 6.10 Å². The zero-order valence-corrected chi connectivity index (χ0v) is 11.5. The first-order valence-electron chi connectivity index (χ1n) is 6.69. The Morgan fingerprint density at radius 3 is 2.89 bits per heavy atom. The number of nitrogens with zero attached hydrogens (tertiary/aromatic N) is 1. The fourth-order valence-corrected chi connectivity index (χ4v) is 2.40. The molecule has 0 bridgehead atoms. The lowest BCUT2D eigenvalue weighted by molar-refractivity contribution is -0.134. The maximum atomic E-state index is 12.2. The summed E-state index contributed by atoms with van der Waals surface area (Å²) in [6.07, 6.45) is 0.777. The van der Waals surface area contributed by atoms with Gasteiger partial charge in [-0.25, -0.2) is 0 Å². The number of hydrogen-bond donors (Lipinski definition) is 1. The van der Waals surface area contributed by atoms with Crippen LogP contribution in [0.25, 0.3) is 0 Å². The molecule has 2 rings (SSSR count). The summed E-state index contributed by atoms with van der Waals surface area (Å²) >= 11 is 0. The fraction of sp³-hybridized carbons (Fsp3) is 0.533. The van der Waals surface area contributed by atoms with E-state index in [1.165, 1.54) is 0 Å². The highest BCUT2D eigenvalue weighted by Gasteiger charge is 2.27. The van der Waals surface area contributed by atoms with Gasteiger partial charge in [0.2, 0.25) is 5.91 Å². The minimum Gasteiger partial charge on any atom is -0.496 e. The second kappa shape index (κ2) is 6.06. The number of carbonyl (C=O) groups excluding carboxylic acids is 1. The number of amides is 1. The summed E-state index contributed by atoms with van der Waals surface area (Å²) in [7, 11) is 1.61. The van der Waals surface area contributed by atoms with Gasteiger partial charge in [0.25, 0.3) is 0 Å². The first-order chi connectivity index (χ1) is 9.11. The van der Waals surface area contributed by atoms with Crippen LogP contribution in [0.15, 0.2) is 24.3 Å². The van der Waals surface area contributed by atoms with Gasteiger partial charge in [0, 0.05) is 18.7 Å². The van der Waals surface area contributed by atoms with Gasteiger partial charge in [-0.05, 0) is 18.4 Å². The Bertz CT molecular complexity index is 447. The SMILES string of the molecule is COc1ccccc1CC(=O)N1CCC(C)C(O)C1. The highest BCUT2D eigenvalue weighted by Crippen LogP contribution is 2.21. The van der Waals surface area contributed by atoms with Crippen LogP contribution in [0, 0.1) is 5.92 Å². The van der Waals surface area contributed by atoms with Gasteiger partial charge < -0.3 is 14.7 Å². The van der Waals surface area contributed by atoms with Gasteiger partial charge in [0.15, 0.2) is 0 Å². The highest BCUT2D eigenvalue weighted by atomic mass is 16.5. The molecule has 1 amide bonds. The molecule has 1 aromatic rings. The molecule has 4 heteroatoms. The molecule has 1 heterocycles. The normalized spacial score (nSPS) is 23.2. The predicted molar refractivity (Wildman–Crippen MR) is 73.1 cm³/mol. The zero-order valence-electron chi connectivity index (χ0n) is 11.5. The van der Waals surface area contributed by atoms with Crippen molar-refractivity contribution in [2.45, 2.75) is 25.9 Å². The van der Waals surface area contributed by atoms with Crippen molar-refractivity contribution in [3.63, 3.8) is 0 Å². The van der Waals surface area contributed by atoms with Gasteiger partial charge in [0.05, 0.1) is 19.6 Å². The Morgan fingerprint density at radius 1 is 1.47 bits per heavy atom. The average molecular weight is 263 g/mol. The summed E-state index contributed by atoms with van der Waals surface area (Å²) in [5, 5.41) is 9.85. The highest BCUT2D eigenvalue weighted by molar-refractivity contribution is 5.79. The number of aliphatic hydroxyl groups is 1. The minimum atomic E-state index is -0.407. The Kier molecular flexibility index (Phi) is 4.43. The van der Waals surface area contributed by atoms with E-state index in [1.54, 1.807) is 12.0 Å². The maximum Gasteiger partial charge on any atom is 0.227 e. The lowest BCUT2D eigenvalue weighted by Gasteiger charge is -2.34. The van der Waals surface area contributed by atoms with E-state index in [2.05, 4.69) is 0 Å². The van der Waals surface area contributed by atoms with Crippen molar-refractivity contribution in [2.24, 2.45) is 5.92 Å². The van der Waals surface area contributed by atoms with Gasteiger partial charge in [-0.3, -0.25) is 4.79 Å². The third-order valence-electron chi connectivity index (χ3n) is 3.81. The number of methoxy groups -OCH3 is 1. The van der Waals surface area contributed by atoms with Crippen molar-refractivity contribution in [3.05, 3.63) is 29.8 Å². The second-order valence-corrected chi connectivity index (χ2v) is 5.16. The smallest absolute Gasteiger partial charge is 0.227 e. The van der Waals surface area contributed by atoms with Gasteiger partial charge >= 0.3 is 0 Å². The van der Waals surface area contributed by atoms with Crippen LogP contribution in [0.3, 0.4) is 0 Å². The third kappa shape index (κ3) is 3.26. The number of piperidine rings is 1. The molecule has 1 aliphatic rings. The van der Waals surface area contributed by atoms with Gasteiger partial charge in [-0.15, -0.1) is 0 Å². The zero-order chi connectivity index (χ0) is 13.8. The molecule has 4 nitrogen and oxygen atoms in total. The molecular formula is C15H21NO3. The number of carbonyl (C=O) groups is 1. The van der Waals surface area contributed by atoms with Crippen LogP contribution in [-0.2, 0) is 11.2 Å². The first-order valence-corrected chi connectivity index (χ1v) is 6.69. The second-order valence-electron chi connectivity index (χ2n) is 5.16. The van der Waals surface area contributed by atoms with Crippen LogP contribution in [0.2, 0.25) is 0 Å². The van der Waals surface area contributed by atoms with Crippen molar-refractivity contribution in [3.8, 4) is 5.75 Å². The van der Waals surface area contributed by atoms with Gasteiger partial charge in [-0.2, -0.15) is 0 Å². The molecule has 2 unspecified atom stereocenters. The number of ether oxygens (including phenoxy) is 1. The lowest BCUT2D eigenvalue weighted by Crippen LogP contribution is -2.46. The Labute approximate surface area is 114 Å². The average Bonchev–Trinajstić information content (AvgIpc) is 2.42. The third-order valence-corrected chi connectivity index (χ3v) is 3.81. The molecule has 2 atom stereocenters. The van der Waals surface area contributed by atoms with Crippen LogP contribution < -0.4 is 4.74 Å². The Balaban J connectivity index is 2.01. The number of rotatable bonds is 3. The van der Waals surface area contributed by atoms with Crippen LogP contribution in [0.1, 0.15) is 18.9 Å². The molecule has 1 fully saturated rings. The molecule has 104 valence electrons. The number of likely N-dealkylation sites (tertiary alicyclic amines) is 1. The Morgan fingerprint density at radius 2 is 2.21 bits per heavy atom. The van der Waals surface area contributed by atoms with Crippen LogP contribution in [0.5, 0.6) is 5.75 Å². The number of benzene rings is 1. The summed E-state index contributed by atoms with van der Waals surface area (Å²) in [4.78, 5) is 14.0. The molecule has 0 saturated carbocycles. The molecule has 19 heavy (non-hydrogen) atoms. The lowest BCUT2D eigenvalue weighted by atomic mass is 9.95. The van der Waals surface area contributed by atoms with E-state index in [4.69, 9.17) is 4.74 Å². The van der Waals surface area contributed by atoms with Crippen molar-refractivity contribution in [2.75, 3.05) is 20.2 Å². The quantitative estimate of drug-likeness (QED) is 0.898. The molecule has 1 saturated heterocycles. The summed E-state index contributed by atoms with van der Waals surface area (Å²) in [6.45, 7) is 3.19. The maximum absolute atomic E-state index is 12.2. The molecule has 0 spiro atoms. The topological polar surface area (TPSA) is 49.8 Å². The molecule has 0 radical (unpaired) electrons. The Hall–Kier alpha value is -1.55. The van der Waals surface area contributed by atoms with Crippen LogP contribution >= 0.6 is 0 Å². The largest absolute Gasteiger partial charge is 0.496 e. The minimum absolute atomic E-state index is 0.0513. The van der Waals surface area contributed by atoms with Crippen molar-refractivity contribution in [1.29, 1.82) is 0 Å². The van der Waals surface area contributed by atoms with E-state index in [-0.39, 0.29) is 11.8 Å². The van der Waals surface area contributed by atoms with E-state index in [9.17, 15) is 9.90 Å². The summed E-state index contributed by atoms with van der Waals surface area (Å²) < 4.78 is 5.25. The number of β-amino-alcohol motifs (C(OH)–C–C–N with tert-alkyl or cyclic N) is 1. The van der Waals surface area contributed by atoms with Gasteiger partial charge in [-0.1, -0.05) is 25.1 Å². The number of aliphatic hydroxyl groups excluding tert-OH is 1. The monoisotopic (exact) mass is 263 g/mol. The van der Waals surface area contributed by atoms with E-state index in [0.29, 0.717) is 13.0 Å². The fourth-order valence-electron chi connectivity index (χ4n) is 2.40. The molecule has 0 aromatic heterocycles. The van der Waals surface area contributed by atoms with E-state index >= 15 is 0 Å². The van der Waals surface area contributed by atoms with Crippen molar-refractivity contribution < 1.29 is 14.6 Å². The van der Waals surface area contributed by atoms with Crippen LogP contribution in [-0.4, -0.2) is 42.2 Å². The molecule has 0 aliphatic carbocycles. The predicted octanol–water partition coefficient (Wildman–Crippen LogP) is 1.47. The molecular weight excluding hydrogens is 242 g/mol. The number of para-hydroxylation sites is 1. The van der Waals surface area contributed by atoms with E-state index in [0.717, 1.165) is 24.3 Å². The summed E-state index contributed by atoms with van der Waals surface area (Å²) in [6, 6.07) is 7.55. The van der Waals surface area contributed by atoms with Crippen molar-refractivity contribution in [1.82, 2.24) is 4.90 Å². The molecule has 1 aliphatic heterocycles. The standard InChI is InChI=1S/C15H21NO3/c1-11-7-8-16(10-13(11)17)15(18)9-12-5-3-4-6-14(12)19-2/h3-6,11,13,17H,7-10H2,1-2H3. The van der Waals surface area contributed by atoms with Crippen LogP contribution in [0.4, 0.5) is 0 Å². The van der Waals surface area contributed by atoms with Gasteiger partial charge in [0.1, 0.15) is 5.75 Å². The first kappa shape index (κ1) is 13.9. The summed E-state index contributed by atoms with van der Waals surface area (Å²) in [5.74, 6) is 1.06. The number of hydrogen-bond acceptors (Lipinski definition) is 3. The van der Waals surface area contributed by atoms with Crippen molar-refractivity contribution >= 4 is 5.91 Å². The van der Waals surface area contributed by atoms with E-state index in [1.807, 2.05) is 31.2 Å². The summed E-state index contributed by atoms with van der Waals surface area (Å²) in [5.41, 5.74) is 0.892.